The monoisotopic (exact) mass is 397 g/mol. The van der Waals surface area contributed by atoms with Gasteiger partial charge >= 0.3 is 137 Å². The zero-order valence-corrected chi connectivity index (χ0v) is 17.8. The van der Waals surface area contributed by atoms with Crippen LogP contribution in [0, 0.1) is 13.8 Å². The molecule has 0 saturated heterocycles. The molecular weight excluding hydrogens is 361 g/mol. The van der Waals surface area contributed by atoms with Crippen LogP contribution in [0.4, 0.5) is 0 Å². The van der Waals surface area contributed by atoms with Gasteiger partial charge in [0.2, 0.25) is 0 Å². The van der Waals surface area contributed by atoms with E-state index in [0.717, 1.165) is 0 Å². The summed E-state index contributed by atoms with van der Waals surface area (Å²) in [7, 11) is 0. The molecule has 0 fully saturated rings. The Hall–Kier alpha value is -0.0513. The first kappa shape index (κ1) is 19.0. The number of pyridine rings is 1. The molecule has 0 N–H and O–H groups in total. The van der Waals surface area contributed by atoms with E-state index >= 15 is 0 Å². The fraction of sp³-hybridized carbons (Fsp3) is 0.737. The Morgan fingerprint density at radius 3 is 1.76 bits per heavy atom. The third kappa shape index (κ3) is 5.26. The van der Waals surface area contributed by atoms with Crippen LogP contribution in [-0.2, 0) is 0 Å². The normalized spacial score (nSPS) is 11.9. The predicted molar refractivity (Wildman–Crippen MR) is 98.2 cm³/mol. The van der Waals surface area contributed by atoms with E-state index in [0.29, 0.717) is 0 Å². The number of hydrogen-bond donors (Lipinski definition) is 0. The van der Waals surface area contributed by atoms with Gasteiger partial charge in [0.15, 0.2) is 0 Å². The molecule has 21 heavy (non-hydrogen) atoms. The van der Waals surface area contributed by atoms with Crippen molar-refractivity contribution in [1.82, 2.24) is 4.98 Å². The van der Waals surface area contributed by atoms with Crippen molar-refractivity contribution in [3.63, 3.8) is 0 Å². The van der Waals surface area contributed by atoms with Crippen LogP contribution in [0.2, 0.25) is 13.3 Å². The summed E-state index contributed by atoms with van der Waals surface area (Å²) in [5, 5.41) is 0. The fourth-order valence-corrected chi connectivity index (χ4v) is 20.8. The third-order valence-electron chi connectivity index (χ3n) is 5.05. The Morgan fingerprint density at radius 2 is 1.33 bits per heavy atom. The SMILES string of the molecule is CCC[CH2][Sn]([CH2]CCC)([CH2]CCC)[c]1ccnc(C)c1C. The van der Waals surface area contributed by atoms with Crippen LogP contribution in [-0.4, -0.2) is 23.4 Å². The number of aryl methyl sites for hydroxylation is 1. The summed E-state index contributed by atoms with van der Waals surface area (Å²) in [5.41, 5.74) is 2.79. The van der Waals surface area contributed by atoms with Crippen LogP contribution >= 0.6 is 0 Å². The molecule has 0 aromatic carbocycles. The molecule has 0 aliphatic rings. The number of unbranched alkanes of at least 4 members (excludes halogenated alkanes) is 3. The first-order chi connectivity index (χ1) is 10.1. The first-order valence-corrected chi connectivity index (χ1v) is 16.5. The molecular formula is C19H35NSn. The third-order valence-corrected chi connectivity index (χ3v) is 21.1. The number of hydrogen-bond acceptors (Lipinski definition) is 1. The van der Waals surface area contributed by atoms with Gasteiger partial charge < -0.3 is 0 Å². The summed E-state index contributed by atoms with van der Waals surface area (Å²) < 4.78 is 6.45. The molecule has 0 aliphatic carbocycles. The molecule has 0 unspecified atom stereocenters. The average molecular weight is 396 g/mol. The molecule has 0 spiro atoms. The number of rotatable bonds is 10. The average Bonchev–Trinajstić information content (AvgIpc) is 2.50. The van der Waals surface area contributed by atoms with Crippen LogP contribution < -0.4 is 3.58 Å². The molecule has 1 aromatic rings. The van der Waals surface area contributed by atoms with Gasteiger partial charge in [-0.05, 0) is 0 Å². The summed E-state index contributed by atoms with van der Waals surface area (Å²) in [6, 6.07) is 2.40. The van der Waals surface area contributed by atoms with E-state index in [4.69, 9.17) is 0 Å². The Labute approximate surface area is 136 Å². The van der Waals surface area contributed by atoms with Crippen molar-refractivity contribution in [3.05, 3.63) is 23.5 Å². The van der Waals surface area contributed by atoms with Crippen LogP contribution in [0.1, 0.15) is 70.6 Å². The van der Waals surface area contributed by atoms with Crippen molar-refractivity contribution in [3.8, 4) is 0 Å². The molecule has 0 radical (unpaired) electrons. The summed E-state index contributed by atoms with van der Waals surface area (Å²) in [6.45, 7) is 11.6. The molecule has 1 heterocycles. The number of nitrogens with zero attached hydrogens (tertiary/aromatic N) is 1. The van der Waals surface area contributed by atoms with E-state index in [1.54, 1.807) is 16.9 Å². The Kier molecular flexibility index (Phi) is 8.92. The van der Waals surface area contributed by atoms with Crippen molar-refractivity contribution in [2.45, 2.75) is 86.5 Å². The van der Waals surface area contributed by atoms with Gasteiger partial charge in [0.05, 0.1) is 0 Å². The van der Waals surface area contributed by atoms with Gasteiger partial charge in [-0.1, -0.05) is 0 Å². The minimum absolute atomic E-state index is 1.26. The van der Waals surface area contributed by atoms with Crippen molar-refractivity contribution in [2.75, 3.05) is 0 Å². The van der Waals surface area contributed by atoms with Crippen LogP contribution in [0.3, 0.4) is 0 Å². The second kappa shape index (κ2) is 9.86. The summed E-state index contributed by atoms with van der Waals surface area (Å²) in [5.74, 6) is 0. The number of aromatic nitrogens is 1. The molecule has 2 heteroatoms. The van der Waals surface area contributed by atoms with Gasteiger partial charge in [0.1, 0.15) is 0 Å². The molecule has 0 amide bonds. The van der Waals surface area contributed by atoms with Crippen molar-refractivity contribution >= 4 is 22.0 Å². The molecule has 0 atom stereocenters. The van der Waals surface area contributed by atoms with Crippen LogP contribution in [0.25, 0.3) is 0 Å². The predicted octanol–water partition coefficient (Wildman–Crippen LogP) is 5.75. The second-order valence-electron chi connectivity index (χ2n) is 6.66. The van der Waals surface area contributed by atoms with E-state index in [9.17, 15) is 0 Å². The fourth-order valence-electron chi connectivity index (χ4n) is 3.54. The molecule has 120 valence electrons. The van der Waals surface area contributed by atoms with E-state index in [2.05, 4.69) is 51.9 Å². The zero-order valence-electron chi connectivity index (χ0n) is 15.0. The van der Waals surface area contributed by atoms with Crippen molar-refractivity contribution in [2.24, 2.45) is 0 Å². The standard InChI is InChI=1S/C7H8N.3C4H9.Sn/c1-6-4-3-5-8-7(6)2;3*1-3-4-2;/h3,5H,1-2H3;3*1,3-4H2,2H3;. The summed E-state index contributed by atoms with van der Waals surface area (Å²) in [6.07, 6.45) is 10.4. The quantitative estimate of drug-likeness (QED) is 0.459. The maximum atomic E-state index is 4.53. The topological polar surface area (TPSA) is 12.9 Å². The minimum atomic E-state index is -2.24. The van der Waals surface area contributed by atoms with Crippen molar-refractivity contribution < 1.29 is 0 Å². The zero-order chi connectivity index (χ0) is 15.7. The maximum absolute atomic E-state index is 4.53. The molecule has 0 bridgehead atoms. The van der Waals surface area contributed by atoms with Gasteiger partial charge in [0, 0.05) is 0 Å². The molecule has 0 saturated carbocycles. The van der Waals surface area contributed by atoms with Gasteiger partial charge in [-0.25, -0.2) is 0 Å². The summed E-state index contributed by atoms with van der Waals surface area (Å²) in [4.78, 5) is 4.53. The van der Waals surface area contributed by atoms with E-state index in [1.165, 1.54) is 49.8 Å². The van der Waals surface area contributed by atoms with E-state index < -0.39 is 18.4 Å². The summed E-state index contributed by atoms with van der Waals surface area (Å²) >= 11 is -2.24. The van der Waals surface area contributed by atoms with Crippen molar-refractivity contribution in [1.29, 1.82) is 0 Å². The first-order valence-electron chi connectivity index (χ1n) is 9.04. The molecule has 1 rings (SSSR count). The Balaban J connectivity index is 3.19. The van der Waals surface area contributed by atoms with E-state index in [1.807, 2.05) is 0 Å². The molecule has 1 nitrogen and oxygen atoms in total. The van der Waals surface area contributed by atoms with Gasteiger partial charge in [0.25, 0.3) is 0 Å². The second-order valence-corrected chi connectivity index (χ2v) is 19.8. The molecule has 0 aliphatic heterocycles. The van der Waals surface area contributed by atoms with Gasteiger partial charge in [-0.3, -0.25) is 0 Å². The Morgan fingerprint density at radius 1 is 0.857 bits per heavy atom. The molecule has 1 aromatic heterocycles. The van der Waals surface area contributed by atoms with Crippen LogP contribution in [0.15, 0.2) is 12.3 Å². The van der Waals surface area contributed by atoms with Gasteiger partial charge in [-0.15, -0.1) is 0 Å². The van der Waals surface area contributed by atoms with E-state index in [-0.39, 0.29) is 0 Å². The Bertz CT molecular complexity index is 392. The van der Waals surface area contributed by atoms with Crippen LogP contribution in [0.5, 0.6) is 0 Å². The van der Waals surface area contributed by atoms with Gasteiger partial charge in [-0.2, -0.15) is 0 Å².